The van der Waals surface area contributed by atoms with E-state index >= 15 is 0 Å². The Bertz CT molecular complexity index is 933. The highest BCUT2D eigenvalue weighted by molar-refractivity contribution is 7.14. The highest BCUT2D eigenvalue weighted by Gasteiger charge is 2.33. The van der Waals surface area contributed by atoms with Crippen LogP contribution in [-0.4, -0.2) is 98.7 Å². The van der Waals surface area contributed by atoms with Gasteiger partial charge in [-0.1, -0.05) is 12.1 Å². The minimum Gasteiger partial charge on any atom is -0.389 e. The Morgan fingerprint density at radius 1 is 1.03 bits per heavy atom. The maximum atomic E-state index is 12.9. The molecule has 0 aliphatic carbocycles. The van der Waals surface area contributed by atoms with Crippen LogP contribution >= 0.6 is 23.7 Å². The third-order valence-electron chi connectivity index (χ3n) is 6.30. The molecule has 0 bridgehead atoms. The van der Waals surface area contributed by atoms with E-state index in [0.717, 1.165) is 55.8 Å². The number of nitrogens with one attached hydrogen (secondary N) is 1. The summed E-state index contributed by atoms with van der Waals surface area (Å²) in [6.45, 7) is 7.34. The van der Waals surface area contributed by atoms with Gasteiger partial charge in [0.05, 0.1) is 49.9 Å². The standard InChI is InChI=1S/C22H29N5O4S.ClH/c28-20-14-31-13-19(20)26-7-5-25(6-8-26)18-4-2-1-3-16(18)23-21(29)17-15-32-22(24-17)27-9-11-30-12-10-27;/h1-4,15,19-20,28H,5-14H2,(H,23,29);1H. The van der Waals surface area contributed by atoms with Gasteiger partial charge in [0.1, 0.15) is 5.69 Å². The number of rotatable bonds is 5. The van der Waals surface area contributed by atoms with Crippen LogP contribution in [-0.2, 0) is 9.47 Å². The Labute approximate surface area is 203 Å². The van der Waals surface area contributed by atoms with Crippen LogP contribution in [0.1, 0.15) is 10.5 Å². The highest BCUT2D eigenvalue weighted by Crippen LogP contribution is 2.29. The van der Waals surface area contributed by atoms with Crippen LogP contribution < -0.4 is 15.1 Å². The van der Waals surface area contributed by atoms with Gasteiger partial charge in [-0.25, -0.2) is 4.98 Å². The Hall–Kier alpha value is -1.95. The summed E-state index contributed by atoms with van der Waals surface area (Å²) < 4.78 is 10.8. The van der Waals surface area contributed by atoms with Gasteiger partial charge in [-0.3, -0.25) is 9.69 Å². The third-order valence-corrected chi connectivity index (χ3v) is 7.21. The molecule has 1 aromatic heterocycles. The average molecular weight is 496 g/mol. The number of ether oxygens (including phenoxy) is 2. The zero-order chi connectivity index (χ0) is 21.9. The number of halogens is 1. The third kappa shape index (κ3) is 5.42. The maximum absolute atomic E-state index is 12.9. The highest BCUT2D eigenvalue weighted by atomic mass is 35.5. The lowest BCUT2D eigenvalue weighted by Gasteiger charge is -2.40. The van der Waals surface area contributed by atoms with E-state index in [1.807, 2.05) is 29.6 Å². The molecular weight excluding hydrogens is 466 g/mol. The van der Waals surface area contributed by atoms with E-state index in [1.54, 1.807) is 0 Å². The van der Waals surface area contributed by atoms with Crippen LogP contribution in [0.4, 0.5) is 16.5 Å². The zero-order valence-electron chi connectivity index (χ0n) is 18.4. The number of aliphatic hydroxyl groups is 1. The number of anilines is 3. The first-order valence-electron chi connectivity index (χ1n) is 11.1. The fraction of sp³-hybridized carbons (Fsp3) is 0.545. The van der Waals surface area contributed by atoms with E-state index in [4.69, 9.17) is 9.47 Å². The van der Waals surface area contributed by atoms with Crippen molar-refractivity contribution in [1.82, 2.24) is 9.88 Å². The van der Waals surface area contributed by atoms with Crippen molar-refractivity contribution in [2.24, 2.45) is 0 Å². The van der Waals surface area contributed by atoms with Crippen molar-refractivity contribution < 1.29 is 19.4 Å². The summed E-state index contributed by atoms with van der Waals surface area (Å²) in [6.07, 6.45) is -0.409. The minimum absolute atomic E-state index is 0. The lowest BCUT2D eigenvalue weighted by molar-refractivity contribution is 0.0785. The fourth-order valence-corrected chi connectivity index (χ4v) is 5.34. The minimum atomic E-state index is -0.409. The molecule has 2 aromatic rings. The Morgan fingerprint density at radius 3 is 2.52 bits per heavy atom. The van der Waals surface area contributed by atoms with Gasteiger partial charge in [0.25, 0.3) is 5.91 Å². The normalized spacial score (nSPS) is 23.9. The number of carbonyl (C=O) groups is 1. The Balaban J connectivity index is 0.00000259. The molecular formula is C22H30ClN5O4S. The molecule has 3 fully saturated rings. The second kappa shape index (κ2) is 11.0. The van der Waals surface area contributed by atoms with E-state index in [2.05, 4.69) is 25.0 Å². The number of amides is 1. The van der Waals surface area contributed by atoms with Gasteiger partial charge in [-0.15, -0.1) is 23.7 Å². The van der Waals surface area contributed by atoms with Crippen molar-refractivity contribution in [2.45, 2.75) is 12.1 Å². The van der Waals surface area contributed by atoms with Crippen molar-refractivity contribution in [3.05, 3.63) is 35.3 Å². The summed E-state index contributed by atoms with van der Waals surface area (Å²) in [5.41, 5.74) is 2.23. The van der Waals surface area contributed by atoms with Crippen LogP contribution in [0.2, 0.25) is 0 Å². The van der Waals surface area contributed by atoms with Crippen LogP contribution in [0.15, 0.2) is 29.6 Å². The summed E-state index contributed by atoms with van der Waals surface area (Å²) in [5, 5.41) is 15.9. The topological polar surface area (TPSA) is 90.4 Å². The van der Waals surface area contributed by atoms with Crippen molar-refractivity contribution in [3.63, 3.8) is 0 Å². The number of carbonyl (C=O) groups excluding carboxylic acids is 1. The quantitative estimate of drug-likeness (QED) is 0.645. The van der Waals surface area contributed by atoms with Crippen LogP contribution in [0.3, 0.4) is 0 Å². The van der Waals surface area contributed by atoms with Gasteiger partial charge in [0.2, 0.25) is 0 Å². The number of aromatic nitrogens is 1. The number of aliphatic hydroxyl groups excluding tert-OH is 1. The van der Waals surface area contributed by atoms with Gasteiger partial charge < -0.3 is 29.7 Å². The number of benzene rings is 1. The first-order valence-corrected chi connectivity index (χ1v) is 12.0. The summed E-state index contributed by atoms with van der Waals surface area (Å²) in [5.74, 6) is -0.196. The molecule has 2 N–H and O–H groups in total. The molecule has 9 nitrogen and oxygen atoms in total. The monoisotopic (exact) mass is 495 g/mol. The Morgan fingerprint density at radius 2 is 1.79 bits per heavy atom. The van der Waals surface area contributed by atoms with Gasteiger partial charge in [-0.2, -0.15) is 0 Å². The van der Waals surface area contributed by atoms with Crippen molar-refractivity contribution in [2.75, 3.05) is 80.8 Å². The van der Waals surface area contributed by atoms with E-state index in [9.17, 15) is 9.90 Å². The first-order chi connectivity index (χ1) is 15.7. The number of hydrogen-bond acceptors (Lipinski definition) is 9. The lowest BCUT2D eigenvalue weighted by Crippen LogP contribution is -2.53. The average Bonchev–Trinajstić information content (AvgIpc) is 3.50. The van der Waals surface area contributed by atoms with E-state index < -0.39 is 6.10 Å². The number of thiazole rings is 1. The molecule has 11 heteroatoms. The molecule has 4 heterocycles. The van der Waals surface area contributed by atoms with Gasteiger partial charge in [0, 0.05) is 44.6 Å². The molecule has 5 rings (SSSR count). The molecule has 3 aliphatic heterocycles. The van der Waals surface area contributed by atoms with Crippen LogP contribution in [0.25, 0.3) is 0 Å². The van der Waals surface area contributed by atoms with E-state index in [1.165, 1.54) is 11.3 Å². The van der Waals surface area contributed by atoms with Crippen molar-refractivity contribution in [1.29, 1.82) is 0 Å². The first kappa shape index (κ1) is 24.2. The number of para-hydroxylation sites is 2. The van der Waals surface area contributed by atoms with Crippen LogP contribution in [0.5, 0.6) is 0 Å². The van der Waals surface area contributed by atoms with Crippen molar-refractivity contribution >= 4 is 46.2 Å². The maximum Gasteiger partial charge on any atom is 0.275 e. The van der Waals surface area contributed by atoms with Gasteiger partial charge in [0.15, 0.2) is 5.13 Å². The molecule has 1 aromatic carbocycles. The number of hydrogen-bond donors (Lipinski definition) is 2. The summed E-state index contributed by atoms with van der Waals surface area (Å²) in [6, 6.07) is 7.98. The number of piperazine rings is 1. The van der Waals surface area contributed by atoms with Gasteiger partial charge in [-0.05, 0) is 12.1 Å². The summed E-state index contributed by atoms with van der Waals surface area (Å²) >= 11 is 1.49. The Kier molecular flexibility index (Phi) is 8.05. The predicted molar refractivity (Wildman–Crippen MR) is 131 cm³/mol. The molecule has 0 spiro atoms. The second-order valence-corrected chi connectivity index (χ2v) is 9.12. The second-order valence-electron chi connectivity index (χ2n) is 8.28. The number of morpholine rings is 1. The largest absolute Gasteiger partial charge is 0.389 e. The predicted octanol–water partition coefficient (Wildman–Crippen LogP) is 1.54. The molecule has 2 atom stereocenters. The molecule has 33 heavy (non-hydrogen) atoms. The molecule has 0 saturated carbocycles. The van der Waals surface area contributed by atoms with Gasteiger partial charge >= 0.3 is 0 Å². The smallest absolute Gasteiger partial charge is 0.275 e. The van der Waals surface area contributed by atoms with Crippen molar-refractivity contribution in [3.8, 4) is 0 Å². The summed E-state index contributed by atoms with van der Waals surface area (Å²) in [7, 11) is 0. The molecule has 3 aliphatic rings. The zero-order valence-corrected chi connectivity index (χ0v) is 20.0. The molecule has 180 valence electrons. The number of nitrogens with zero attached hydrogens (tertiary/aromatic N) is 4. The molecule has 1 amide bonds. The van der Waals surface area contributed by atoms with E-state index in [0.29, 0.717) is 32.1 Å². The molecule has 0 radical (unpaired) electrons. The SMILES string of the molecule is Cl.O=C(Nc1ccccc1N1CCN(C2COCC2O)CC1)c1csc(N2CCOCC2)n1. The summed E-state index contributed by atoms with van der Waals surface area (Å²) in [4.78, 5) is 24.2. The van der Waals surface area contributed by atoms with E-state index in [-0.39, 0.29) is 24.4 Å². The molecule has 2 unspecified atom stereocenters. The molecule has 3 saturated heterocycles. The van der Waals surface area contributed by atoms with Crippen LogP contribution in [0, 0.1) is 0 Å². The lowest BCUT2D eigenvalue weighted by atomic mass is 10.1. The fourth-order valence-electron chi connectivity index (χ4n) is 4.48.